The number of amides is 1. The number of hydrogen-bond donors (Lipinski definition) is 3. The second kappa shape index (κ2) is 7.03. The first kappa shape index (κ1) is 18.3. The minimum Gasteiger partial charge on any atom is -0.289 e. The molecule has 1 unspecified atom stereocenters. The van der Waals surface area contributed by atoms with Crippen LogP contribution >= 0.6 is 11.3 Å². The van der Waals surface area contributed by atoms with Gasteiger partial charge < -0.3 is 0 Å². The Labute approximate surface area is 151 Å². The van der Waals surface area contributed by atoms with E-state index in [2.05, 4.69) is 4.72 Å². The van der Waals surface area contributed by atoms with Gasteiger partial charge in [-0.2, -0.15) is 4.72 Å². The summed E-state index contributed by atoms with van der Waals surface area (Å²) in [7, 11) is -3.87. The molecule has 1 aliphatic rings. The van der Waals surface area contributed by atoms with Crippen LogP contribution in [0, 0.1) is 5.92 Å². The number of nitrogens with one attached hydrogen (secondary N) is 2. The molecule has 0 radical (unpaired) electrons. The second-order valence-electron chi connectivity index (χ2n) is 6.69. The molecule has 1 atom stereocenters. The van der Waals surface area contributed by atoms with Crippen molar-refractivity contribution < 1.29 is 18.4 Å². The Kier molecular flexibility index (Phi) is 5.15. The van der Waals surface area contributed by atoms with Gasteiger partial charge in [-0.15, -0.1) is 11.3 Å². The first-order chi connectivity index (χ1) is 11.8. The van der Waals surface area contributed by atoms with E-state index in [1.165, 1.54) is 28.8 Å². The fourth-order valence-electron chi connectivity index (χ4n) is 3.21. The van der Waals surface area contributed by atoms with Gasteiger partial charge in [0.1, 0.15) is 6.04 Å². The molecule has 1 aliphatic carbocycles. The smallest absolute Gasteiger partial charge is 0.261 e. The highest BCUT2D eigenvalue weighted by Gasteiger charge is 2.28. The number of thiophene rings is 1. The molecular weight excluding hydrogens is 360 g/mol. The molecule has 0 saturated heterocycles. The van der Waals surface area contributed by atoms with Gasteiger partial charge in [0.05, 0.1) is 4.90 Å². The molecule has 2 aromatic rings. The lowest BCUT2D eigenvalue weighted by atomic mass is 9.96. The summed E-state index contributed by atoms with van der Waals surface area (Å²) in [5, 5.41) is 9.96. The Morgan fingerprint density at radius 3 is 2.64 bits per heavy atom. The first-order valence-corrected chi connectivity index (χ1v) is 10.6. The molecule has 0 saturated carbocycles. The lowest BCUT2D eigenvalue weighted by Gasteiger charge is -2.20. The summed E-state index contributed by atoms with van der Waals surface area (Å²) in [5.41, 5.74) is 2.87. The molecule has 136 valence electrons. The van der Waals surface area contributed by atoms with Crippen molar-refractivity contribution in [2.75, 3.05) is 0 Å². The van der Waals surface area contributed by atoms with Crippen LogP contribution in [0.15, 0.2) is 23.1 Å². The van der Waals surface area contributed by atoms with Gasteiger partial charge in [0.2, 0.25) is 10.0 Å². The lowest BCUT2D eigenvalue weighted by molar-refractivity contribution is -0.131. The van der Waals surface area contributed by atoms with E-state index < -0.39 is 22.0 Å². The Morgan fingerprint density at radius 1 is 1.24 bits per heavy atom. The summed E-state index contributed by atoms with van der Waals surface area (Å²) in [6.45, 7) is 3.41. The van der Waals surface area contributed by atoms with Crippen LogP contribution in [-0.4, -0.2) is 25.6 Å². The van der Waals surface area contributed by atoms with Crippen molar-refractivity contribution in [2.24, 2.45) is 5.92 Å². The van der Waals surface area contributed by atoms with Crippen LogP contribution in [0.4, 0.5) is 0 Å². The Hall–Kier alpha value is -1.48. The molecular formula is C17H22N2O4S2. The predicted octanol–water partition coefficient (Wildman–Crippen LogP) is 2.59. The van der Waals surface area contributed by atoms with Gasteiger partial charge in [-0.3, -0.25) is 10.0 Å². The summed E-state index contributed by atoms with van der Waals surface area (Å²) in [6, 6.07) is 4.08. The number of carbonyl (C=O) groups is 1. The highest BCUT2D eigenvalue weighted by atomic mass is 32.2. The van der Waals surface area contributed by atoms with Crippen molar-refractivity contribution in [1.29, 1.82) is 0 Å². The Morgan fingerprint density at radius 2 is 1.96 bits per heavy atom. The molecule has 3 rings (SSSR count). The third kappa shape index (κ3) is 3.57. The zero-order chi connectivity index (χ0) is 18.2. The number of rotatable bonds is 5. The Balaban J connectivity index is 1.95. The summed E-state index contributed by atoms with van der Waals surface area (Å²) < 4.78 is 28.7. The van der Waals surface area contributed by atoms with E-state index in [0.717, 1.165) is 22.9 Å². The van der Waals surface area contributed by atoms with E-state index in [4.69, 9.17) is 5.21 Å². The number of hydrogen-bond acceptors (Lipinski definition) is 5. The molecule has 25 heavy (non-hydrogen) atoms. The van der Waals surface area contributed by atoms with Crippen molar-refractivity contribution in [2.45, 2.75) is 50.5 Å². The third-order valence-corrected chi connectivity index (χ3v) is 7.27. The fourth-order valence-corrected chi connectivity index (χ4v) is 5.99. The fraction of sp³-hybridized carbons (Fsp3) is 0.471. The van der Waals surface area contributed by atoms with Gasteiger partial charge in [-0.25, -0.2) is 13.9 Å². The van der Waals surface area contributed by atoms with Crippen molar-refractivity contribution >= 4 is 37.4 Å². The zero-order valence-electron chi connectivity index (χ0n) is 14.2. The highest BCUT2D eigenvalue weighted by molar-refractivity contribution is 7.89. The van der Waals surface area contributed by atoms with E-state index in [1.54, 1.807) is 37.3 Å². The SMILES string of the molecule is CC(C)C(NS(=O)(=O)c1ccc2c3c(sc2c1)CCCC3)C(=O)NO. The first-order valence-electron chi connectivity index (χ1n) is 8.34. The molecule has 1 aromatic heterocycles. The average Bonchev–Trinajstić information content (AvgIpc) is 2.96. The molecule has 0 bridgehead atoms. The number of aryl methyl sites for hydroxylation is 2. The van der Waals surface area contributed by atoms with E-state index in [9.17, 15) is 13.2 Å². The standard InChI is InChI=1S/C17H22N2O4S2/c1-10(2)16(17(20)18-21)19-25(22,23)11-7-8-13-12-5-3-4-6-14(12)24-15(13)9-11/h7-10,16,19,21H,3-6H2,1-2H3,(H,18,20). The van der Waals surface area contributed by atoms with Crippen LogP contribution in [0.3, 0.4) is 0 Å². The summed E-state index contributed by atoms with van der Waals surface area (Å²) in [6.07, 6.45) is 4.46. The zero-order valence-corrected chi connectivity index (χ0v) is 15.8. The number of hydroxylamine groups is 1. The predicted molar refractivity (Wildman–Crippen MR) is 97.3 cm³/mol. The molecule has 1 amide bonds. The van der Waals surface area contributed by atoms with Gasteiger partial charge >= 0.3 is 0 Å². The molecule has 0 spiro atoms. The van der Waals surface area contributed by atoms with Crippen LogP contribution in [0.1, 0.15) is 37.1 Å². The van der Waals surface area contributed by atoms with Crippen LogP contribution in [0.25, 0.3) is 10.1 Å². The largest absolute Gasteiger partial charge is 0.289 e. The monoisotopic (exact) mass is 382 g/mol. The van der Waals surface area contributed by atoms with E-state index >= 15 is 0 Å². The minimum atomic E-state index is -3.87. The maximum Gasteiger partial charge on any atom is 0.261 e. The number of fused-ring (bicyclic) bond motifs is 3. The van der Waals surface area contributed by atoms with Crippen molar-refractivity contribution in [3.05, 3.63) is 28.6 Å². The highest BCUT2D eigenvalue weighted by Crippen LogP contribution is 2.37. The van der Waals surface area contributed by atoms with Crippen LogP contribution in [0.2, 0.25) is 0 Å². The van der Waals surface area contributed by atoms with Crippen molar-refractivity contribution in [3.63, 3.8) is 0 Å². The summed E-state index contributed by atoms with van der Waals surface area (Å²) >= 11 is 1.65. The van der Waals surface area contributed by atoms with Crippen molar-refractivity contribution in [3.8, 4) is 0 Å². The normalized spacial score (nSPS) is 16.0. The second-order valence-corrected chi connectivity index (χ2v) is 9.54. The van der Waals surface area contributed by atoms with E-state index in [1.807, 2.05) is 6.07 Å². The van der Waals surface area contributed by atoms with Crippen molar-refractivity contribution in [1.82, 2.24) is 10.2 Å². The molecule has 3 N–H and O–H groups in total. The van der Waals surface area contributed by atoms with Crippen LogP contribution in [-0.2, 0) is 27.7 Å². The molecule has 1 aromatic carbocycles. The van der Waals surface area contributed by atoms with Gasteiger partial charge in [-0.1, -0.05) is 19.9 Å². The topological polar surface area (TPSA) is 95.5 Å². The van der Waals surface area contributed by atoms with Gasteiger partial charge in [-0.05, 0) is 54.7 Å². The lowest BCUT2D eigenvalue weighted by Crippen LogP contribution is -2.48. The molecule has 0 fully saturated rings. The van der Waals surface area contributed by atoms with E-state index in [-0.39, 0.29) is 10.8 Å². The third-order valence-electron chi connectivity index (χ3n) is 4.58. The van der Waals surface area contributed by atoms with E-state index in [0.29, 0.717) is 0 Å². The van der Waals surface area contributed by atoms with Crippen LogP contribution < -0.4 is 10.2 Å². The van der Waals surface area contributed by atoms with Gasteiger partial charge in [0, 0.05) is 9.58 Å². The summed E-state index contributed by atoms with van der Waals surface area (Å²) in [5.74, 6) is -1.08. The van der Waals surface area contributed by atoms with Gasteiger partial charge in [0.15, 0.2) is 0 Å². The number of carbonyl (C=O) groups excluding carboxylic acids is 1. The molecule has 0 aliphatic heterocycles. The maximum atomic E-state index is 12.7. The quantitative estimate of drug-likeness (QED) is 0.547. The Bertz CT molecular complexity index is 903. The summed E-state index contributed by atoms with van der Waals surface area (Å²) in [4.78, 5) is 13.2. The number of sulfonamides is 1. The molecule has 1 heterocycles. The average molecular weight is 383 g/mol. The molecule has 8 heteroatoms. The molecule has 6 nitrogen and oxygen atoms in total. The number of benzene rings is 1. The minimum absolute atomic E-state index is 0.134. The van der Waals surface area contributed by atoms with Crippen LogP contribution in [0.5, 0.6) is 0 Å². The maximum absolute atomic E-state index is 12.7. The van der Waals surface area contributed by atoms with Gasteiger partial charge in [0.25, 0.3) is 5.91 Å².